The zero-order valence-electron chi connectivity index (χ0n) is 28.4. The fourth-order valence-electron chi connectivity index (χ4n) is 5.26. The molecule has 0 aliphatic rings. The summed E-state index contributed by atoms with van der Waals surface area (Å²) < 4.78 is 0. The maximum atomic E-state index is 12.9. The van der Waals surface area contributed by atoms with E-state index in [9.17, 15) is 19.2 Å². The molecule has 0 aromatic heterocycles. The predicted octanol–water partition coefficient (Wildman–Crippen LogP) is 7.09. The van der Waals surface area contributed by atoms with Crippen LogP contribution in [0.5, 0.6) is 0 Å². The first-order valence-electron chi connectivity index (χ1n) is 16.9. The molecule has 0 aliphatic carbocycles. The molecule has 4 amide bonds. The Kier molecular flexibility index (Phi) is 14.4. The van der Waals surface area contributed by atoms with E-state index in [-0.39, 0.29) is 49.6 Å². The van der Waals surface area contributed by atoms with Gasteiger partial charge in [0, 0.05) is 24.5 Å². The molecule has 4 aromatic carbocycles. The minimum absolute atomic E-state index is 0.00110. The highest BCUT2D eigenvalue weighted by atomic mass is 16.2. The van der Waals surface area contributed by atoms with Crippen molar-refractivity contribution in [2.24, 2.45) is 0 Å². The molecule has 0 heterocycles. The molecular formula is C41H46N4O4. The van der Waals surface area contributed by atoms with Crippen LogP contribution in [0.3, 0.4) is 0 Å². The van der Waals surface area contributed by atoms with E-state index >= 15 is 0 Å². The predicted molar refractivity (Wildman–Crippen MR) is 198 cm³/mol. The Balaban J connectivity index is 1.25. The number of nitrogens with zero attached hydrogens (tertiary/aromatic N) is 2. The first kappa shape index (κ1) is 36.3. The Morgan fingerprint density at radius 3 is 1.33 bits per heavy atom. The molecule has 0 unspecified atom stereocenters. The van der Waals surface area contributed by atoms with Crippen LogP contribution >= 0.6 is 0 Å². The van der Waals surface area contributed by atoms with Crippen LogP contribution in [0.25, 0.3) is 12.2 Å². The number of amides is 4. The molecule has 0 saturated carbocycles. The molecule has 254 valence electrons. The molecule has 0 bridgehead atoms. The standard InChI is InChI=1S/C41H46N4O4/c1-3-5-27-45(41(49)29-35-14-10-7-11-15-35)31-39(47)43-37-24-20-33(21-25-37)17-16-32-18-22-36(23-19-32)42-38(46)30-44(26-4-2)40(48)28-34-12-8-6-9-13-34/h6-25H,3-5,26-31H2,1-2H3,(H,42,46)(H,43,47). The first-order valence-corrected chi connectivity index (χ1v) is 16.9. The third kappa shape index (κ3) is 12.6. The van der Waals surface area contributed by atoms with Gasteiger partial charge in [0.25, 0.3) is 0 Å². The van der Waals surface area contributed by atoms with Gasteiger partial charge in [0.15, 0.2) is 0 Å². The summed E-state index contributed by atoms with van der Waals surface area (Å²) >= 11 is 0. The number of carbonyl (C=O) groups is 4. The lowest BCUT2D eigenvalue weighted by atomic mass is 10.1. The summed E-state index contributed by atoms with van der Waals surface area (Å²) in [5.41, 5.74) is 5.08. The topological polar surface area (TPSA) is 98.8 Å². The summed E-state index contributed by atoms with van der Waals surface area (Å²) in [5.74, 6) is -0.600. The summed E-state index contributed by atoms with van der Waals surface area (Å²) in [6, 6.07) is 34.1. The quantitative estimate of drug-likeness (QED) is 0.118. The molecule has 0 spiro atoms. The van der Waals surface area contributed by atoms with Crippen LogP contribution < -0.4 is 10.6 Å². The van der Waals surface area contributed by atoms with E-state index in [0.717, 1.165) is 41.5 Å². The lowest BCUT2D eigenvalue weighted by Gasteiger charge is -2.22. The number of rotatable bonds is 17. The van der Waals surface area contributed by atoms with E-state index in [1.54, 1.807) is 9.80 Å². The maximum absolute atomic E-state index is 12.9. The molecule has 0 fully saturated rings. The smallest absolute Gasteiger partial charge is 0.243 e. The number of carbonyl (C=O) groups excluding carboxylic acids is 4. The van der Waals surface area contributed by atoms with Crippen molar-refractivity contribution in [3.8, 4) is 0 Å². The van der Waals surface area contributed by atoms with Gasteiger partial charge in [0.05, 0.1) is 25.9 Å². The van der Waals surface area contributed by atoms with E-state index in [4.69, 9.17) is 0 Å². The van der Waals surface area contributed by atoms with Gasteiger partial charge in [-0.2, -0.15) is 0 Å². The van der Waals surface area contributed by atoms with Crippen molar-refractivity contribution in [2.45, 2.75) is 46.0 Å². The fraction of sp³-hybridized carbons (Fsp3) is 0.268. The zero-order chi connectivity index (χ0) is 34.8. The number of unbranched alkanes of at least 4 members (excludes halogenated alkanes) is 1. The number of benzene rings is 4. The van der Waals surface area contributed by atoms with Crippen molar-refractivity contribution in [1.82, 2.24) is 9.80 Å². The molecule has 8 heteroatoms. The second-order valence-corrected chi connectivity index (χ2v) is 12.0. The van der Waals surface area contributed by atoms with Gasteiger partial charge in [-0.15, -0.1) is 0 Å². The number of nitrogens with one attached hydrogen (secondary N) is 2. The summed E-state index contributed by atoms with van der Waals surface area (Å²) in [6.45, 7) is 5.12. The Hall–Kier alpha value is -5.50. The summed E-state index contributed by atoms with van der Waals surface area (Å²) in [4.78, 5) is 54.6. The van der Waals surface area contributed by atoms with Crippen molar-refractivity contribution in [1.29, 1.82) is 0 Å². The molecule has 49 heavy (non-hydrogen) atoms. The van der Waals surface area contributed by atoms with Crippen LogP contribution in [-0.2, 0) is 32.0 Å². The van der Waals surface area contributed by atoms with E-state index in [1.807, 2.05) is 128 Å². The van der Waals surface area contributed by atoms with Gasteiger partial charge in [0.2, 0.25) is 23.6 Å². The average molecular weight is 659 g/mol. The minimum Gasteiger partial charge on any atom is -0.333 e. The molecule has 8 nitrogen and oxygen atoms in total. The molecule has 0 atom stereocenters. The summed E-state index contributed by atoms with van der Waals surface area (Å²) in [5, 5.41) is 5.81. The second-order valence-electron chi connectivity index (χ2n) is 12.0. The highest BCUT2D eigenvalue weighted by molar-refractivity contribution is 5.96. The SMILES string of the molecule is CCCCN(CC(=O)Nc1ccc(C=Cc2ccc(NC(=O)CN(CCC)C(=O)Cc3ccccc3)cc2)cc1)C(=O)Cc1ccccc1. The van der Waals surface area contributed by atoms with Crippen molar-refractivity contribution >= 4 is 47.2 Å². The maximum Gasteiger partial charge on any atom is 0.243 e. The Morgan fingerprint density at radius 2 is 0.939 bits per heavy atom. The van der Waals surface area contributed by atoms with Crippen molar-refractivity contribution in [3.63, 3.8) is 0 Å². The van der Waals surface area contributed by atoms with Crippen LogP contribution in [0.2, 0.25) is 0 Å². The summed E-state index contributed by atoms with van der Waals surface area (Å²) in [7, 11) is 0. The molecule has 0 radical (unpaired) electrons. The van der Waals surface area contributed by atoms with Crippen LogP contribution in [0.1, 0.15) is 55.4 Å². The van der Waals surface area contributed by atoms with Crippen molar-refractivity contribution < 1.29 is 19.2 Å². The molecule has 4 aromatic rings. The Morgan fingerprint density at radius 1 is 0.531 bits per heavy atom. The minimum atomic E-state index is -0.238. The van der Waals surface area contributed by atoms with Gasteiger partial charge in [0.1, 0.15) is 0 Å². The zero-order valence-corrected chi connectivity index (χ0v) is 28.4. The normalized spacial score (nSPS) is 10.8. The fourth-order valence-corrected chi connectivity index (χ4v) is 5.26. The van der Waals surface area contributed by atoms with Gasteiger partial charge < -0.3 is 20.4 Å². The molecule has 0 aliphatic heterocycles. The van der Waals surface area contributed by atoms with Gasteiger partial charge >= 0.3 is 0 Å². The van der Waals surface area contributed by atoms with Crippen molar-refractivity contribution in [2.75, 3.05) is 36.8 Å². The molecular weight excluding hydrogens is 612 g/mol. The third-order valence-electron chi connectivity index (χ3n) is 7.90. The van der Waals surface area contributed by atoms with Crippen molar-refractivity contribution in [3.05, 3.63) is 131 Å². The summed E-state index contributed by atoms with van der Waals surface area (Å²) in [6.07, 6.45) is 7.00. The lowest BCUT2D eigenvalue weighted by molar-refractivity contribution is -0.134. The molecule has 4 rings (SSSR count). The third-order valence-corrected chi connectivity index (χ3v) is 7.90. The highest BCUT2D eigenvalue weighted by Gasteiger charge is 2.18. The highest BCUT2D eigenvalue weighted by Crippen LogP contribution is 2.16. The van der Waals surface area contributed by atoms with E-state index in [0.29, 0.717) is 24.5 Å². The average Bonchev–Trinajstić information content (AvgIpc) is 3.11. The molecule has 0 saturated heterocycles. The number of anilines is 2. The van der Waals surface area contributed by atoms with Crippen LogP contribution in [0.4, 0.5) is 11.4 Å². The Bertz CT molecular complexity index is 1670. The van der Waals surface area contributed by atoms with Gasteiger partial charge in [-0.25, -0.2) is 0 Å². The van der Waals surface area contributed by atoms with Gasteiger partial charge in [-0.1, -0.05) is 117 Å². The lowest BCUT2D eigenvalue weighted by Crippen LogP contribution is -2.39. The van der Waals surface area contributed by atoms with E-state index in [2.05, 4.69) is 17.6 Å². The number of hydrogen-bond acceptors (Lipinski definition) is 4. The second kappa shape index (κ2) is 19.4. The van der Waals surface area contributed by atoms with Crippen LogP contribution in [-0.4, -0.2) is 59.6 Å². The largest absolute Gasteiger partial charge is 0.333 e. The van der Waals surface area contributed by atoms with E-state index in [1.165, 1.54) is 0 Å². The van der Waals surface area contributed by atoms with E-state index < -0.39 is 0 Å². The number of hydrogen-bond donors (Lipinski definition) is 2. The monoisotopic (exact) mass is 658 g/mol. The van der Waals surface area contributed by atoms with Crippen LogP contribution in [0, 0.1) is 0 Å². The van der Waals surface area contributed by atoms with Gasteiger partial charge in [-0.05, 0) is 59.4 Å². The Labute approximate surface area is 289 Å². The van der Waals surface area contributed by atoms with Gasteiger partial charge in [-0.3, -0.25) is 19.2 Å². The van der Waals surface area contributed by atoms with Crippen LogP contribution in [0.15, 0.2) is 109 Å². The first-order chi connectivity index (χ1) is 23.8. The molecule has 2 N–H and O–H groups in total.